The van der Waals surface area contributed by atoms with Crippen LogP contribution in [0.3, 0.4) is 0 Å². The van der Waals surface area contributed by atoms with Gasteiger partial charge in [-0.1, -0.05) is 44.2 Å². The van der Waals surface area contributed by atoms with E-state index in [9.17, 15) is 9.59 Å². The van der Waals surface area contributed by atoms with Crippen LogP contribution in [0.1, 0.15) is 53.0 Å². The molecule has 1 amide bonds. The molecule has 0 radical (unpaired) electrons. The van der Waals surface area contributed by atoms with E-state index in [1.165, 1.54) is 0 Å². The van der Waals surface area contributed by atoms with E-state index in [1.54, 1.807) is 0 Å². The molecule has 1 fully saturated rings. The van der Waals surface area contributed by atoms with Crippen molar-refractivity contribution in [1.29, 1.82) is 0 Å². The Kier molecular flexibility index (Phi) is 5.16. The topological polar surface area (TPSA) is 55.4 Å². The lowest BCUT2D eigenvalue weighted by Crippen LogP contribution is -2.52. The molecule has 0 aromatic heterocycles. The van der Waals surface area contributed by atoms with Gasteiger partial charge >= 0.3 is 5.97 Å². The van der Waals surface area contributed by atoms with Crippen molar-refractivity contribution in [3.05, 3.63) is 41.5 Å². The number of amides is 1. The van der Waals surface area contributed by atoms with Gasteiger partial charge in [0.15, 0.2) is 0 Å². The van der Waals surface area contributed by atoms with E-state index < -0.39 is 11.1 Å². The number of benzene rings is 1. The predicted molar refractivity (Wildman–Crippen MR) is 95.2 cm³/mol. The van der Waals surface area contributed by atoms with Crippen molar-refractivity contribution in [3.63, 3.8) is 0 Å². The van der Waals surface area contributed by atoms with Crippen LogP contribution in [0, 0.1) is 5.92 Å². The quantitative estimate of drug-likeness (QED) is 0.676. The molecule has 0 bridgehead atoms. The molecule has 4 heteroatoms. The molecule has 1 aliphatic heterocycles. The highest BCUT2D eigenvalue weighted by Crippen LogP contribution is 2.34. The van der Waals surface area contributed by atoms with E-state index in [-0.39, 0.29) is 17.8 Å². The molecule has 1 aromatic rings. The summed E-state index contributed by atoms with van der Waals surface area (Å²) >= 11 is 0. The van der Waals surface area contributed by atoms with Crippen LogP contribution in [0.5, 0.6) is 0 Å². The first kappa shape index (κ1) is 18.2. The van der Waals surface area contributed by atoms with Gasteiger partial charge < -0.3 is 10.1 Å². The second kappa shape index (κ2) is 6.80. The number of carbonyl (C=O) groups is 2. The number of nitrogens with one attached hydrogen (secondary N) is 1. The largest absolute Gasteiger partial charge is 0.458 e. The summed E-state index contributed by atoms with van der Waals surface area (Å²) in [4.78, 5) is 25.3. The van der Waals surface area contributed by atoms with Gasteiger partial charge in [-0.2, -0.15) is 0 Å². The van der Waals surface area contributed by atoms with E-state index in [0.29, 0.717) is 18.4 Å². The molecule has 1 heterocycles. The Morgan fingerprint density at radius 2 is 1.92 bits per heavy atom. The van der Waals surface area contributed by atoms with Crippen molar-refractivity contribution in [2.75, 3.05) is 0 Å². The Morgan fingerprint density at radius 3 is 2.46 bits per heavy atom. The van der Waals surface area contributed by atoms with Gasteiger partial charge in [0.25, 0.3) is 0 Å². The Bertz CT molecular complexity index is 641. The first-order valence-electron chi connectivity index (χ1n) is 8.43. The molecular weight excluding hydrogens is 302 g/mol. The van der Waals surface area contributed by atoms with Crippen molar-refractivity contribution >= 4 is 18.0 Å². The molecule has 2 rings (SSSR count). The molecule has 24 heavy (non-hydrogen) atoms. The Hall–Kier alpha value is -2.10. The molecule has 0 aliphatic carbocycles. The van der Waals surface area contributed by atoms with Gasteiger partial charge in [-0.25, -0.2) is 4.79 Å². The number of hydrogen-bond donors (Lipinski definition) is 1. The molecule has 1 N–H and O–H groups in total. The van der Waals surface area contributed by atoms with Gasteiger partial charge in [-0.15, -0.1) is 0 Å². The minimum Gasteiger partial charge on any atom is -0.458 e. The first-order valence-corrected chi connectivity index (χ1v) is 8.43. The zero-order valence-electron chi connectivity index (χ0n) is 15.2. The molecule has 1 atom stereocenters. The smallest absolute Gasteiger partial charge is 0.332 e. The van der Waals surface area contributed by atoms with Gasteiger partial charge in [0.1, 0.15) is 11.1 Å². The van der Waals surface area contributed by atoms with E-state index in [4.69, 9.17) is 4.74 Å². The summed E-state index contributed by atoms with van der Waals surface area (Å²) in [6, 6.07) is 9.66. The van der Waals surface area contributed by atoms with E-state index in [0.717, 1.165) is 5.56 Å². The van der Waals surface area contributed by atoms with Gasteiger partial charge in [-0.05, 0) is 44.7 Å². The molecular formula is C20H27NO3. The van der Waals surface area contributed by atoms with Crippen molar-refractivity contribution in [3.8, 4) is 0 Å². The van der Waals surface area contributed by atoms with Gasteiger partial charge in [0.05, 0.1) is 0 Å². The lowest BCUT2D eigenvalue weighted by atomic mass is 9.86. The van der Waals surface area contributed by atoms with Crippen LogP contribution >= 0.6 is 0 Å². The van der Waals surface area contributed by atoms with Crippen LogP contribution in [0.4, 0.5) is 0 Å². The maximum atomic E-state index is 12.8. The van der Waals surface area contributed by atoms with Crippen molar-refractivity contribution in [2.45, 2.75) is 58.6 Å². The number of esters is 1. The van der Waals surface area contributed by atoms with Crippen molar-refractivity contribution < 1.29 is 14.3 Å². The Morgan fingerprint density at radius 1 is 1.29 bits per heavy atom. The van der Waals surface area contributed by atoms with Gasteiger partial charge in [0, 0.05) is 12.0 Å². The lowest BCUT2D eigenvalue weighted by molar-refractivity contribution is -0.164. The maximum absolute atomic E-state index is 12.8. The van der Waals surface area contributed by atoms with E-state index in [2.05, 4.69) is 5.32 Å². The van der Waals surface area contributed by atoms with Crippen LogP contribution in [0.15, 0.2) is 35.9 Å². The third-order valence-corrected chi connectivity index (χ3v) is 3.82. The maximum Gasteiger partial charge on any atom is 0.332 e. The summed E-state index contributed by atoms with van der Waals surface area (Å²) < 4.78 is 5.59. The van der Waals surface area contributed by atoms with E-state index >= 15 is 0 Å². The fourth-order valence-corrected chi connectivity index (χ4v) is 3.02. The summed E-state index contributed by atoms with van der Waals surface area (Å²) in [5, 5.41) is 2.91. The molecule has 0 saturated carbocycles. The Balaban J connectivity index is 2.31. The average molecular weight is 329 g/mol. The average Bonchev–Trinajstić information content (AvgIpc) is 2.74. The van der Waals surface area contributed by atoms with E-state index in [1.807, 2.05) is 71.0 Å². The summed E-state index contributed by atoms with van der Waals surface area (Å²) in [6.07, 6.45) is 2.76. The molecule has 4 nitrogen and oxygen atoms in total. The fourth-order valence-electron chi connectivity index (χ4n) is 3.02. The summed E-state index contributed by atoms with van der Waals surface area (Å²) in [5.41, 5.74) is 0.0106. The zero-order valence-corrected chi connectivity index (χ0v) is 15.2. The van der Waals surface area contributed by atoms with Crippen molar-refractivity contribution in [1.82, 2.24) is 5.32 Å². The first-order chi connectivity index (χ1) is 11.1. The summed E-state index contributed by atoms with van der Waals surface area (Å²) in [6.45, 7) is 9.59. The van der Waals surface area contributed by atoms with Gasteiger partial charge in [0.2, 0.25) is 5.91 Å². The molecule has 1 saturated heterocycles. The van der Waals surface area contributed by atoms with Crippen molar-refractivity contribution in [2.24, 2.45) is 5.92 Å². The van der Waals surface area contributed by atoms with Crippen LogP contribution in [-0.2, 0) is 14.3 Å². The third kappa shape index (κ3) is 4.47. The highest BCUT2D eigenvalue weighted by atomic mass is 16.6. The highest BCUT2D eigenvalue weighted by molar-refractivity contribution is 6.05. The van der Waals surface area contributed by atoms with Crippen LogP contribution in [-0.4, -0.2) is 23.0 Å². The number of carbonyl (C=O) groups excluding carboxylic acids is 2. The summed E-state index contributed by atoms with van der Waals surface area (Å²) in [5.74, 6) is -0.284. The predicted octanol–water partition coefficient (Wildman–Crippen LogP) is 3.72. The fraction of sp³-hybridized carbons (Fsp3) is 0.500. The minimum absolute atomic E-state index is 0.189. The normalized spacial score (nSPS) is 22.8. The minimum atomic E-state index is -0.973. The second-order valence-electron chi connectivity index (χ2n) is 7.89. The van der Waals surface area contributed by atoms with Gasteiger partial charge in [-0.3, -0.25) is 4.79 Å². The number of rotatable bonds is 4. The summed E-state index contributed by atoms with van der Waals surface area (Å²) in [7, 11) is 0. The third-order valence-electron chi connectivity index (χ3n) is 3.82. The van der Waals surface area contributed by atoms with Crippen LogP contribution in [0.2, 0.25) is 0 Å². The molecule has 1 aromatic carbocycles. The zero-order chi connectivity index (χ0) is 18.0. The monoisotopic (exact) mass is 329 g/mol. The molecule has 0 spiro atoms. The lowest BCUT2D eigenvalue weighted by Gasteiger charge is -2.32. The number of hydrogen-bond acceptors (Lipinski definition) is 3. The highest BCUT2D eigenvalue weighted by Gasteiger charge is 2.49. The molecule has 1 aliphatic rings. The number of ether oxygens (including phenoxy) is 1. The second-order valence-corrected chi connectivity index (χ2v) is 7.89. The standard InChI is InChI=1S/C20H27NO3/c1-14(2)12-20(18(23)24-19(3,4)5)13-16(17(22)21-20)11-15-9-7-6-8-10-15/h6-11,14H,12-13H2,1-5H3,(H,21,22)/b16-11+/t20-/m0/s1. The van der Waals surface area contributed by atoms with Crippen LogP contribution in [0.25, 0.3) is 6.08 Å². The SMILES string of the molecule is CC(C)C[C@@]1(C(=O)OC(C)(C)C)C/C(=C\c2ccccc2)C(=O)N1. The molecule has 130 valence electrons. The Labute approximate surface area is 144 Å². The molecule has 0 unspecified atom stereocenters. The van der Waals surface area contributed by atoms with Crippen LogP contribution < -0.4 is 5.32 Å².